The van der Waals surface area contributed by atoms with Gasteiger partial charge in [0.1, 0.15) is 4.90 Å². The van der Waals surface area contributed by atoms with Crippen LogP contribution in [0.5, 0.6) is 0 Å². The number of aromatic nitrogens is 1. The van der Waals surface area contributed by atoms with E-state index in [0.29, 0.717) is 23.9 Å². The topological polar surface area (TPSA) is 45.6 Å². The summed E-state index contributed by atoms with van der Waals surface area (Å²) >= 11 is 5.81. The highest BCUT2D eigenvalue weighted by Gasteiger charge is 2.32. The van der Waals surface area contributed by atoms with Crippen LogP contribution >= 0.6 is 11.6 Å². The van der Waals surface area contributed by atoms with Crippen molar-refractivity contribution in [3.8, 4) is 0 Å². The Hall–Kier alpha value is -0.560. The molecule has 1 aromatic heterocycles. The maximum Gasteiger partial charge on any atom is 0.244 e. The quantitative estimate of drug-likeness (QED) is 0.790. The van der Waals surface area contributed by atoms with Crippen molar-refractivity contribution in [2.45, 2.75) is 30.7 Å². The third kappa shape index (κ3) is 2.88. The predicted molar refractivity (Wildman–Crippen MR) is 80.4 cm³/mol. The highest BCUT2D eigenvalue weighted by atomic mass is 35.5. The molecule has 1 aliphatic heterocycles. The van der Waals surface area contributed by atoms with E-state index < -0.39 is 10.0 Å². The van der Waals surface area contributed by atoms with E-state index in [1.54, 1.807) is 21.1 Å². The lowest BCUT2D eigenvalue weighted by molar-refractivity contribution is 0.135. The first-order chi connectivity index (χ1) is 9.40. The molecule has 1 fully saturated rings. The highest BCUT2D eigenvalue weighted by Crippen LogP contribution is 2.22. The highest BCUT2D eigenvalue weighted by molar-refractivity contribution is 7.89. The second kappa shape index (κ2) is 6.05. The molecule has 2 heterocycles. The van der Waals surface area contributed by atoms with Gasteiger partial charge in [-0.15, -0.1) is 11.6 Å². The Morgan fingerprint density at radius 1 is 1.40 bits per heavy atom. The summed E-state index contributed by atoms with van der Waals surface area (Å²) in [5.74, 6) is 0.312. The van der Waals surface area contributed by atoms with Gasteiger partial charge in [0.25, 0.3) is 0 Å². The predicted octanol–water partition coefficient (Wildman–Crippen LogP) is 1.48. The molecule has 1 atom stereocenters. The zero-order valence-electron chi connectivity index (χ0n) is 12.2. The van der Waals surface area contributed by atoms with Crippen LogP contribution < -0.4 is 0 Å². The summed E-state index contributed by atoms with van der Waals surface area (Å²) in [6.07, 6.45) is 1.64. The Bertz CT molecular complexity index is 570. The van der Waals surface area contributed by atoms with Crippen molar-refractivity contribution in [3.63, 3.8) is 0 Å². The summed E-state index contributed by atoms with van der Waals surface area (Å²) in [7, 11) is -1.60. The Kier molecular flexibility index (Phi) is 4.79. The number of hydrogen-bond acceptors (Lipinski definition) is 3. The van der Waals surface area contributed by atoms with E-state index in [-0.39, 0.29) is 6.04 Å². The molecule has 5 nitrogen and oxygen atoms in total. The van der Waals surface area contributed by atoms with Crippen molar-refractivity contribution in [1.29, 1.82) is 0 Å². The molecule has 7 heteroatoms. The van der Waals surface area contributed by atoms with E-state index in [1.807, 2.05) is 7.05 Å². The van der Waals surface area contributed by atoms with Crippen LogP contribution in [0.1, 0.15) is 19.5 Å². The molecule has 0 amide bonds. The number of hydrogen-bond donors (Lipinski definition) is 0. The number of alkyl halides is 1. The van der Waals surface area contributed by atoms with Crippen molar-refractivity contribution in [2.24, 2.45) is 7.05 Å². The molecule has 20 heavy (non-hydrogen) atoms. The molecule has 1 unspecified atom stereocenters. The van der Waals surface area contributed by atoms with Gasteiger partial charge < -0.3 is 4.57 Å². The van der Waals surface area contributed by atoms with Crippen molar-refractivity contribution < 1.29 is 8.42 Å². The number of aryl methyl sites for hydroxylation is 1. The molecule has 0 bridgehead atoms. The van der Waals surface area contributed by atoms with E-state index >= 15 is 0 Å². The van der Waals surface area contributed by atoms with Crippen LogP contribution in [0, 0.1) is 0 Å². The van der Waals surface area contributed by atoms with Gasteiger partial charge in [0.15, 0.2) is 0 Å². The van der Waals surface area contributed by atoms with Gasteiger partial charge in [-0.25, -0.2) is 8.42 Å². The van der Waals surface area contributed by atoms with Gasteiger partial charge in [0.05, 0.1) is 5.88 Å². The Morgan fingerprint density at radius 3 is 2.60 bits per heavy atom. The van der Waals surface area contributed by atoms with Crippen LogP contribution in [-0.4, -0.2) is 54.4 Å². The van der Waals surface area contributed by atoms with E-state index in [4.69, 9.17) is 11.6 Å². The summed E-state index contributed by atoms with van der Waals surface area (Å²) in [6, 6.07) is 1.92. The van der Waals surface area contributed by atoms with Crippen molar-refractivity contribution in [3.05, 3.63) is 18.0 Å². The minimum atomic E-state index is -3.41. The van der Waals surface area contributed by atoms with Gasteiger partial charge in [0, 0.05) is 44.6 Å². The first-order valence-electron chi connectivity index (χ1n) is 6.85. The molecule has 1 aromatic rings. The Morgan fingerprint density at radius 2 is 2.10 bits per heavy atom. The van der Waals surface area contributed by atoms with Crippen LogP contribution in [0.4, 0.5) is 0 Å². The Labute approximate surface area is 126 Å². The van der Waals surface area contributed by atoms with Gasteiger partial charge in [-0.1, -0.05) is 6.92 Å². The third-order valence-corrected chi connectivity index (χ3v) is 6.10. The van der Waals surface area contributed by atoms with Gasteiger partial charge in [0.2, 0.25) is 10.0 Å². The second-order valence-corrected chi connectivity index (χ2v) is 7.46. The van der Waals surface area contributed by atoms with Crippen LogP contribution in [-0.2, 0) is 23.0 Å². The Balaban J connectivity index is 2.22. The number of halogens is 1. The molecule has 0 spiro atoms. The van der Waals surface area contributed by atoms with E-state index in [1.165, 1.54) is 0 Å². The molecule has 1 saturated heterocycles. The third-order valence-electron chi connectivity index (χ3n) is 3.99. The fourth-order valence-electron chi connectivity index (χ4n) is 2.65. The molecular weight excluding hydrogens is 298 g/mol. The molecule has 0 radical (unpaired) electrons. The SMILES string of the molecule is CCN1CCN(S(=O)(=O)c2cc(CCl)n(C)c2)CC1C. The summed E-state index contributed by atoms with van der Waals surface area (Å²) < 4.78 is 28.7. The first-order valence-corrected chi connectivity index (χ1v) is 8.83. The smallest absolute Gasteiger partial charge is 0.244 e. The number of piperazine rings is 1. The minimum absolute atomic E-state index is 0.250. The van der Waals surface area contributed by atoms with Gasteiger partial charge in [-0.2, -0.15) is 4.31 Å². The largest absolute Gasteiger partial charge is 0.352 e. The van der Waals surface area contributed by atoms with E-state index in [2.05, 4.69) is 18.7 Å². The fourth-order valence-corrected chi connectivity index (χ4v) is 4.52. The second-order valence-electron chi connectivity index (χ2n) is 5.25. The number of nitrogens with zero attached hydrogens (tertiary/aromatic N) is 3. The summed E-state index contributed by atoms with van der Waals surface area (Å²) in [5, 5.41) is 0. The van der Waals surface area contributed by atoms with Crippen LogP contribution in [0.2, 0.25) is 0 Å². The molecule has 0 aliphatic carbocycles. The normalized spacial score (nSPS) is 22.3. The van der Waals surface area contributed by atoms with Gasteiger partial charge in [-0.3, -0.25) is 4.90 Å². The molecular formula is C13H22ClN3O2S. The maximum absolute atomic E-state index is 12.7. The first kappa shape index (κ1) is 15.8. The average Bonchev–Trinajstić information content (AvgIpc) is 2.80. The average molecular weight is 320 g/mol. The maximum atomic E-state index is 12.7. The molecule has 0 N–H and O–H groups in total. The van der Waals surface area contributed by atoms with Crippen LogP contribution in [0.3, 0.4) is 0 Å². The van der Waals surface area contributed by atoms with Crippen LogP contribution in [0.15, 0.2) is 17.2 Å². The lowest BCUT2D eigenvalue weighted by Gasteiger charge is -2.38. The summed E-state index contributed by atoms with van der Waals surface area (Å²) in [6.45, 7) is 7.00. The lowest BCUT2D eigenvalue weighted by Crippen LogP contribution is -2.53. The van der Waals surface area contributed by atoms with Crippen LogP contribution in [0.25, 0.3) is 0 Å². The van der Waals surface area contributed by atoms with Crippen molar-refractivity contribution in [1.82, 2.24) is 13.8 Å². The van der Waals surface area contributed by atoms with Gasteiger partial charge >= 0.3 is 0 Å². The monoisotopic (exact) mass is 319 g/mol. The van der Waals surface area contributed by atoms with Gasteiger partial charge in [-0.05, 0) is 19.5 Å². The number of sulfonamides is 1. The number of likely N-dealkylation sites (N-methyl/N-ethyl adjacent to an activating group) is 1. The fraction of sp³-hybridized carbons (Fsp3) is 0.692. The van der Waals surface area contributed by atoms with Crippen molar-refractivity contribution in [2.75, 3.05) is 26.2 Å². The lowest BCUT2D eigenvalue weighted by atomic mass is 10.2. The molecule has 114 valence electrons. The zero-order valence-corrected chi connectivity index (χ0v) is 13.8. The van der Waals surface area contributed by atoms with E-state index in [0.717, 1.165) is 18.8 Å². The zero-order chi connectivity index (χ0) is 14.9. The van der Waals surface area contributed by atoms with E-state index in [9.17, 15) is 8.42 Å². The summed E-state index contributed by atoms with van der Waals surface area (Å²) in [4.78, 5) is 2.63. The molecule has 0 saturated carbocycles. The minimum Gasteiger partial charge on any atom is -0.352 e. The standard InChI is InChI=1S/C13H22ClN3O2S/c1-4-16-5-6-17(9-11(16)2)20(18,19)13-7-12(8-14)15(3)10-13/h7,10-11H,4-6,8-9H2,1-3H3. The molecule has 1 aliphatic rings. The van der Waals surface area contributed by atoms with Crippen molar-refractivity contribution >= 4 is 21.6 Å². The molecule has 0 aromatic carbocycles. The number of rotatable bonds is 4. The summed E-state index contributed by atoms with van der Waals surface area (Å²) in [5.41, 5.74) is 0.811. The molecule has 2 rings (SSSR count).